The van der Waals surface area contributed by atoms with Crippen molar-refractivity contribution in [1.82, 2.24) is 4.90 Å². The fourth-order valence-corrected chi connectivity index (χ4v) is 3.95. The van der Waals surface area contributed by atoms with Crippen molar-refractivity contribution in [3.05, 3.63) is 70.6 Å². The van der Waals surface area contributed by atoms with Crippen molar-refractivity contribution in [3.63, 3.8) is 0 Å². The first-order valence-electron chi connectivity index (χ1n) is 8.91. The number of fused-ring (bicyclic) bond motifs is 3. The summed E-state index contributed by atoms with van der Waals surface area (Å²) in [6.45, 7) is 0.240. The molecule has 2 aromatic heterocycles. The zero-order valence-corrected chi connectivity index (χ0v) is 16.2. The number of esters is 1. The van der Waals surface area contributed by atoms with Crippen LogP contribution in [0.1, 0.15) is 10.4 Å². The molecule has 4 rings (SSSR count). The van der Waals surface area contributed by atoms with E-state index in [4.69, 9.17) is 9.15 Å². The van der Waals surface area contributed by atoms with Gasteiger partial charge in [0.25, 0.3) is 5.91 Å². The highest BCUT2D eigenvalue weighted by Crippen LogP contribution is 2.30. The van der Waals surface area contributed by atoms with Crippen LogP contribution < -0.4 is 0 Å². The molecule has 0 aliphatic heterocycles. The normalized spacial score (nSPS) is 11.0. The molecule has 6 heteroatoms. The molecule has 0 radical (unpaired) electrons. The quantitative estimate of drug-likeness (QED) is 0.456. The topological polar surface area (TPSA) is 59.8 Å². The number of nitrogens with zero attached hydrogens (tertiary/aromatic N) is 1. The molecule has 0 unspecified atom stereocenters. The minimum absolute atomic E-state index is 0.0585. The second-order valence-corrected chi connectivity index (χ2v) is 7.62. The lowest BCUT2D eigenvalue weighted by molar-refractivity contribution is -0.151. The Kier molecular flexibility index (Phi) is 5.12. The Morgan fingerprint density at radius 2 is 1.96 bits per heavy atom. The molecule has 1 amide bonds. The second kappa shape index (κ2) is 7.86. The summed E-state index contributed by atoms with van der Waals surface area (Å²) in [4.78, 5) is 27.1. The SMILES string of the molecule is CN(Cc1cccs1)C(=O)COC(=O)Cc1coc2ccc3ccccc3c12. The van der Waals surface area contributed by atoms with E-state index in [1.54, 1.807) is 29.5 Å². The van der Waals surface area contributed by atoms with Crippen LogP contribution in [0.5, 0.6) is 0 Å². The smallest absolute Gasteiger partial charge is 0.310 e. The van der Waals surface area contributed by atoms with Gasteiger partial charge < -0.3 is 14.1 Å². The van der Waals surface area contributed by atoms with Crippen LogP contribution >= 0.6 is 11.3 Å². The molecule has 0 saturated carbocycles. The monoisotopic (exact) mass is 393 g/mol. The van der Waals surface area contributed by atoms with E-state index in [-0.39, 0.29) is 18.9 Å². The first-order chi connectivity index (χ1) is 13.6. The van der Waals surface area contributed by atoms with Gasteiger partial charge in [-0.2, -0.15) is 0 Å². The number of carbonyl (C=O) groups is 2. The summed E-state index contributed by atoms with van der Waals surface area (Å²) in [5, 5.41) is 4.99. The summed E-state index contributed by atoms with van der Waals surface area (Å²) >= 11 is 1.59. The van der Waals surface area contributed by atoms with Gasteiger partial charge in [0.1, 0.15) is 5.58 Å². The van der Waals surface area contributed by atoms with Crippen LogP contribution in [0.25, 0.3) is 21.7 Å². The average Bonchev–Trinajstić information content (AvgIpc) is 3.36. The second-order valence-electron chi connectivity index (χ2n) is 6.59. The lowest BCUT2D eigenvalue weighted by Crippen LogP contribution is -2.30. The number of amides is 1. The molecule has 0 bridgehead atoms. The van der Waals surface area contributed by atoms with Crippen molar-refractivity contribution >= 4 is 45.0 Å². The number of thiophene rings is 1. The maximum absolute atomic E-state index is 12.3. The number of rotatable bonds is 6. The van der Waals surface area contributed by atoms with Crippen LogP contribution in [-0.4, -0.2) is 30.4 Å². The number of hydrogen-bond donors (Lipinski definition) is 0. The molecule has 2 heterocycles. The number of carbonyl (C=O) groups excluding carboxylic acids is 2. The molecule has 0 spiro atoms. The van der Waals surface area contributed by atoms with Crippen LogP contribution in [0, 0.1) is 0 Å². The minimum atomic E-state index is -0.450. The van der Waals surface area contributed by atoms with Gasteiger partial charge in [-0.15, -0.1) is 11.3 Å². The highest BCUT2D eigenvalue weighted by atomic mass is 32.1. The molecular weight excluding hydrogens is 374 g/mol. The first-order valence-corrected chi connectivity index (χ1v) is 9.79. The minimum Gasteiger partial charge on any atom is -0.464 e. The Bertz CT molecular complexity index is 1130. The van der Waals surface area contributed by atoms with Crippen LogP contribution in [0.3, 0.4) is 0 Å². The van der Waals surface area contributed by atoms with Gasteiger partial charge in [-0.25, -0.2) is 0 Å². The van der Waals surface area contributed by atoms with Crippen molar-refractivity contribution in [2.75, 3.05) is 13.7 Å². The molecule has 142 valence electrons. The van der Waals surface area contributed by atoms with E-state index in [0.29, 0.717) is 6.54 Å². The van der Waals surface area contributed by atoms with E-state index < -0.39 is 5.97 Å². The molecule has 0 aliphatic rings. The van der Waals surface area contributed by atoms with Gasteiger partial charge in [0.2, 0.25) is 0 Å². The van der Waals surface area contributed by atoms with E-state index in [2.05, 4.69) is 0 Å². The summed E-state index contributed by atoms with van der Waals surface area (Å²) in [6.07, 6.45) is 1.64. The maximum atomic E-state index is 12.3. The van der Waals surface area contributed by atoms with Crippen LogP contribution in [0.4, 0.5) is 0 Å². The fourth-order valence-electron chi connectivity index (χ4n) is 3.19. The molecular formula is C22H19NO4S. The lowest BCUT2D eigenvalue weighted by Gasteiger charge is -2.16. The van der Waals surface area contributed by atoms with E-state index >= 15 is 0 Å². The number of ether oxygens (including phenoxy) is 1. The van der Waals surface area contributed by atoms with E-state index in [0.717, 1.165) is 32.2 Å². The fraction of sp³-hybridized carbons (Fsp3) is 0.182. The van der Waals surface area contributed by atoms with E-state index in [1.165, 1.54) is 0 Å². The Labute approximate surface area is 166 Å². The first kappa shape index (κ1) is 18.3. The molecule has 2 aromatic carbocycles. The highest BCUT2D eigenvalue weighted by Gasteiger charge is 2.16. The molecule has 28 heavy (non-hydrogen) atoms. The maximum Gasteiger partial charge on any atom is 0.310 e. The Hall–Kier alpha value is -3.12. The third-order valence-corrected chi connectivity index (χ3v) is 5.49. The summed E-state index contributed by atoms with van der Waals surface area (Å²) in [7, 11) is 1.70. The van der Waals surface area contributed by atoms with Crippen molar-refractivity contribution in [2.45, 2.75) is 13.0 Å². The third kappa shape index (κ3) is 3.77. The summed E-state index contributed by atoms with van der Waals surface area (Å²) in [5.74, 6) is -0.683. The van der Waals surface area contributed by atoms with Gasteiger partial charge in [-0.3, -0.25) is 9.59 Å². The predicted molar refractivity (Wildman–Crippen MR) is 109 cm³/mol. The van der Waals surface area contributed by atoms with Crippen LogP contribution in [-0.2, 0) is 27.3 Å². The molecule has 0 atom stereocenters. The summed E-state index contributed by atoms with van der Waals surface area (Å²) in [5.41, 5.74) is 1.49. The van der Waals surface area contributed by atoms with E-state index in [9.17, 15) is 9.59 Å². The molecule has 5 nitrogen and oxygen atoms in total. The van der Waals surface area contributed by atoms with E-state index in [1.807, 2.05) is 53.9 Å². The number of benzene rings is 2. The van der Waals surface area contributed by atoms with Gasteiger partial charge in [0, 0.05) is 22.9 Å². The molecule has 4 aromatic rings. The lowest BCUT2D eigenvalue weighted by atomic mass is 10.0. The van der Waals surface area contributed by atoms with Gasteiger partial charge >= 0.3 is 5.97 Å². The summed E-state index contributed by atoms with van der Waals surface area (Å²) < 4.78 is 10.8. The largest absolute Gasteiger partial charge is 0.464 e. The molecule has 0 saturated heterocycles. The van der Waals surface area contributed by atoms with Crippen molar-refractivity contribution in [2.24, 2.45) is 0 Å². The zero-order valence-electron chi connectivity index (χ0n) is 15.4. The van der Waals surface area contributed by atoms with Crippen molar-refractivity contribution in [3.8, 4) is 0 Å². The zero-order chi connectivity index (χ0) is 19.5. The predicted octanol–water partition coefficient (Wildman–Crippen LogP) is 4.39. The molecule has 0 fully saturated rings. The van der Waals surface area contributed by atoms with Crippen LogP contribution in [0.15, 0.2) is 64.6 Å². The van der Waals surface area contributed by atoms with Gasteiger partial charge in [0.05, 0.1) is 19.2 Å². The standard InChI is InChI=1S/C22H19NO4S/c1-23(12-17-6-4-10-28-17)20(24)14-27-21(25)11-16-13-26-19-9-8-15-5-2-3-7-18(15)22(16)19/h2-10,13H,11-12,14H2,1H3. The Morgan fingerprint density at radius 3 is 2.79 bits per heavy atom. The van der Waals surface area contributed by atoms with Crippen molar-refractivity contribution in [1.29, 1.82) is 0 Å². The molecule has 0 aliphatic carbocycles. The highest BCUT2D eigenvalue weighted by molar-refractivity contribution is 7.09. The van der Waals surface area contributed by atoms with Crippen molar-refractivity contribution < 1.29 is 18.7 Å². The summed E-state index contributed by atoms with van der Waals surface area (Å²) in [6, 6.07) is 15.8. The number of hydrogen-bond acceptors (Lipinski definition) is 5. The number of furan rings is 1. The van der Waals surface area contributed by atoms with Gasteiger partial charge in [-0.05, 0) is 28.3 Å². The Balaban J connectivity index is 1.41. The van der Waals surface area contributed by atoms with Crippen LogP contribution in [0.2, 0.25) is 0 Å². The van der Waals surface area contributed by atoms with Gasteiger partial charge in [-0.1, -0.05) is 36.4 Å². The molecule has 0 N–H and O–H groups in total. The van der Waals surface area contributed by atoms with Gasteiger partial charge in [0.15, 0.2) is 6.61 Å². The average molecular weight is 393 g/mol. The Morgan fingerprint density at radius 1 is 1.11 bits per heavy atom. The number of likely N-dealkylation sites (N-methyl/N-ethyl adjacent to an activating group) is 1. The third-order valence-electron chi connectivity index (χ3n) is 4.63.